The molecule has 0 bridgehead atoms. The van der Waals surface area contributed by atoms with E-state index in [0.29, 0.717) is 32.5 Å². The number of nitrogens with one attached hydrogen (secondary N) is 2. The van der Waals surface area contributed by atoms with E-state index in [1.807, 2.05) is 38.1 Å². The molecular weight excluding hydrogens is 454 g/mol. The van der Waals surface area contributed by atoms with E-state index >= 15 is 0 Å². The summed E-state index contributed by atoms with van der Waals surface area (Å²) in [6.07, 6.45) is 4.28. The predicted molar refractivity (Wildman–Crippen MR) is 140 cm³/mol. The monoisotopic (exact) mass is 489 g/mol. The number of rotatable bonds is 3. The van der Waals surface area contributed by atoms with Crippen molar-refractivity contribution in [2.45, 2.75) is 51.9 Å². The minimum Gasteiger partial charge on any atom is -0.464 e. The van der Waals surface area contributed by atoms with Gasteiger partial charge in [-0.3, -0.25) is 14.4 Å². The fourth-order valence-electron chi connectivity index (χ4n) is 5.03. The Balaban J connectivity index is 1.45. The van der Waals surface area contributed by atoms with Crippen molar-refractivity contribution in [3.8, 4) is 0 Å². The molecule has 2 N–H and O–H groups in total. The summed E-state index contributed by atoms with van der Waals surface area (Å²) in [5.74, 6) is -0.0989. The van der Waals surface area contributed by atoms with Gasteiger partial charge in [-0.15, -0.1) is 0 Å². The van der Waals surface area contributed by atoms with E-state index in [4.69, 9.17) is 4.42 Å². The van der Waals surface area contributed by atoms with Crippen molar-refractivity contribution in [2.75, 3.05) is 26.2 Å². The summed E-state index contributed by atoms with van der Waals surface area (Å²) in [7, 11) is 0. The first-order valence-electron chi connectivity index (χ1n) is 12.7. The molecule has 1 aliphatic heterocycles. The molecular formula is C29H35N3O4. The van der Waals surface area contributed by atoms with Crippen molar-refractivity contribution in [3.05, 3.63) is 71.0 Å². The maximum atomic E-state index is 13.3. The SMILES string of the molecule is Cc1cc(C)c2c(CC(=O)N3CCCNC(=O)CCC(c4ccccc4)CCNC(=O)C3)coc2c1. The number of hydrogen-bond donors (Lipinski definition) is 2. The lowest BCUT2D eigenvalue weighted by Gasteiger charge is -2.24. The molecule has 190 valence electrons. The molecule has 2 aromatic carbocycles. The Bertz CT molecular complexity index is 1220. The smallest absolute Gasteiger partial charge is 0.239 e. The molecule has 1 aliphatic rings. The number of hydrogen-bond acceptors (Lipinski definition) is 4. The highest BCUT2D eigenvalue weighted by molar-refractivity contribution is 5.91. The third-order valence-corrected chi connectivity index (χ3v) is 6.85. The quantitative estimate of drug-likeness (QED) is 0.582. The number of aryl methyl sites for hydroxylation is 2. The van der Waals surface area contributed by atoms with Crippen LogP contribution in [-0.4, -0.2) is 48.8 Å². The fraction of sp³-hybridized carbons (Fsp3) is 0.414. The molecule has 4 rings (SSSR count). The van der Waals surface area contributed by atoms with Gasteiger partial charge in [-0.05, 0) is 61.8 Å². The van der Waals surface area contributed by atoms with E-state index in [0.717, 1.165) is 40.5 Å². The molecule has 0 aliphatic carbocycles. The first-order chi connectivity index (χ1) is 17.4. The second-order valence-electron chi connectivity index (χ2n) is 9.70. The molecule has 0 saturated carbocycles. The van der Waals surface area contributed by atoms with Crippen LogP contribution < -0.4 is 10.6 Å². The third kappa shape index (κ3) is 6.53. The van der Waals surface area contributed by atoms with Crippen molar-refractivity contribution in [3.63, 3.8) is 0 Å². The van der Waals surface area contributed by atoms with Gasteiger partial charge in [0.2, 0.25) is 17.7 Å². The van der Waals surface area contributed by atoms with Gasteiger partial charge in [0.1, 0.15) is 5.58 Å². The van der Waals surface area contributed by atoms with Crippen LogP contribution in [0.1, 0.15) is 53.9 Å². The summed E-state index contributed by atoms with van der Waals surface area (Å²) in [5, 5.41) is 6.91. The van der Waals surface area contributed by atoms with E-state index in [2.05, 4.69) is 28.8 Å². The first kappa shape index (κ1) is 25.5. The predicted octanol–water partition coefficient (Wildman–Crippen LogP) is 4.01. The van der Waals surface area contributed by atoms with Crippen LogP contribution in [0.5, 0.6) is 0 Å². The number of carbonyl (C=O) groups excluding carboxylic acids is 3. The molecule has 7 nitrogen and oxygen atoms in total. The summed E-state index contributed by atoms with van der Waals surface area (Å²) >= 11 is 0. The maximum absolute atomic E-state index is 13.3. The van der Waals surface area contributed by atoms with E-state index in [1.165, 1.54) is 5.56 Å². The lowest BCUT2D eigenvalue weighted by molar-refractivity contribution is -0.135. The van der Waals surface area contributed by atoms with Gasteiger partial charge < -0.3 is 20.0 Å². The molecule has 2 heterocycles. The van der Waals surface area contributed by atoms with Gasteiger partial charge in [-0.25, -0.2) is 0 Å². The summed E-state index contributed by atoms with van der Waals surface area (Å²) < 4.78 is 5.72. The maximum Gasteiger partial charge on any atom is 0.239 e. The Morgan fingerprint density at radius 1 is 1.03 bits per heavy atom. The van der Waals surface area contributed by atoms with Crippen molar-refractivity contribution in [1.29, 1.82) is 0 Å². The lowest BCUT2D eigenvalue weighted by atomic mass is 9.91. The van der Waals surface area contributed by atoms with E-state index in [9.17, 15) is 14.4 Å². The second kappa shape index (κ2) is 11.9. The standard InChI is InChI=1S/C29H35N3O4/c1-20-15-21(2)29-24(19-36-25(29)16-20)17-28(35)32-14-6-12-30-26(33)10-9-23(11-13-31-27(34)18-32)22-7-4-3-5-8-22/h3-5,7-8,15-16,19,23H,6,9-14,17-18H2,1-2H3,(H,30,33)(H,31,34). The number of furan rings is 1. The van der Waals surface area contributed by atoms with Crippen LogP contribution in [0.25, 0.3) is 11.0 Å². The van der Waals surface area contributed by atoms with Crippen LogP contribution in [0.3, 0.4) is 0 Å². The summed E-state index contributed by atoms with van der Waals surface area (Å²) in [6.45, 7) is 5.38. The van der Waals surface area contributed by atoms with Crippen molar-refractivity contribution in [1.82, 2.24) is 15.5 Å². The molecule has 0 spiro atoms. The molecule has 3 aromatic rings. The van der Waals surface area contributed by atoms with Gasteiger partial charge in [0.25, 0.3) is 0 Å². The summed E-state index contributed by atoms with van der Waals surface area (Å²) in [4.78, 5) is 40.1. The number of fused-ring (bicyclic) bond motifs is 1. The molecule has 1 atom stereocenters. The van der Waals surface area contributed by atoms with Crippen LogP contribution in [0.4, 0.5) is 0 Å². The van der Waals surface area contributed by atoms with E-state index in [-0.39, 0.29) is 36.6 Å². The topological polar surface area (TPSA) is 91.7 Å². The van der Waals surface area contributed by atoms with Gasteiger partial charge >= 0.3 is 0 Å². The first-order valence-corrected chi connectivity index (χ1v) is 12.7. The Morgan fingerprint density at radius 2 is 1.81 bits per heavy atom. The number of nitrogens with zero attached hydrogens (tertiary/aromatic N) is 1. The molecule has 1 saturated heterocycles. The number of carbonyl (C=O) groups is 3. The third-order valence-electron chi connectivity index (χ3n) is 6.85. The van der Waals surface area contributed by atoms with Crippen LogP contribution in [0.15, 0.2) is 53.1 Å². The Hall–Kier alpha value is -3.61. The number of amides is 3. The molecule has 7 heteroatoms. The minimum atomic E-state index is -0.167. The van der Waals surface area contributed by atoms with Crippen LogP contribution >= 0.6 is 0 Å². The fourth-order valence-corrected chi connectivity index (χ4v) is 5.03. The highest BCUT2D eigenvalue weighted by Crippen LogP contribution is 2.27. The van der Waals surface area contributed by atoms with E-state index in [1.54, 1.807) is 11.2 Å². The Labute approximate surface area is 212 Å². The second-order valence-corrected chi connectivity index (χ2v) is 9.70. The molecule has 36 heavy (non-hydrogen) atoms. The van der Waals surface area contributed by atoms with Crippen molar-refractivity contribution in [2.24, 2.45) is 0 Å². The van der Waals surface area contributed by atoms with Crippen LogP contribution in [-0.2, 0) is 20.8 Å². The zero-order chi connectivity index (χ0) is 25.5. The lowest BCUT2D eigenvalue weighted by Crippen LogP contribution is -2.43. The average Bonchev–Trinajstić information content (AvgIpc) is 3.25. The zero-order valence-electron chi connectivity index (χ0n) is 21.1. The molecule has 1 unspecified atom stereocenters. The average molecular weight is 490 g/mol. The van der Waals surface area contributed by atoms with Gasteiger partial charge in [-0.1, -0.05) is 36.4 Å². The Morgan fingerprint density at radius 3 is 2.61 bits per heavy atom. The van der Waals surface area contributed by atoms with Crippen molar-refractivity contribution >= 4 is 28.7 Å². The summed E-state index contributed by atoms with van der Waals surface area (Å²) in [6, 6.07) is 14.1. The molecule has 1 aromatic heterocycles. The van der Waals surface area contributed by atoms with Gasteiger partial charge in [0.15, 0.2) is 0 Å². The van der Waals surface area contributed by atoms with E-state index < -0.39 is 0 Å². The largest absolute Gasteiger partial charge is 0.464 e. The van der Waals surface area contributed by atoms with Gasteiger partial charge in [0, 0.05) is 37.0 Å². The normalized spacial score (nSPS) is 18.4. The van der Waals surface area contributed by atoms with Gasteiger partial charge in [-0.2, -0.15) is 0 Å². The van der Waals surface area contributed by atoms with Gasteiger partial charge in [0.05, 0.1) is 19.2 Å². The Kier molecular flexibility index (Phi) is 8.41. The van der Waals surface area contributed by atoms with Crippen LogP contribution in [0.2, 0.25) is 0 Å². The highest BCUT2D eigenvalue weighted by Gasteiger charge is 2.21. The van der Waals surface area contributed by atoms with Crippen molar-refractivity contribution < 1.29 is 18.8 Å². The minimum absolute atomic E-state index is 0.00332. The zero-order valence-corrected chi connectivity index (χ0v) is 21.1. The van der Waals surface area contributed by atoms with Crippen LogP contribution in [0, 0.1) is 13.8 Å². The highest BCUT2D eigenvalue weighted by atomic mass is 16.3. The molecule has 1 fully saturated rings. The molecule has 0 radical (unpaired) electrons. The molecule has 3 amide bonds. The summed E-state index contributed by atoms with van der Waals surface area (Å²) in [5.41, 5.74) is 4.93. The number of benzene rings is 2.